The topological polar surface area (TPSA) is 18.5 Å². The molecule has 0 N–H and O–H groups in total. The van der Waals surface area contributed by atoms with Crippen LogP contribution in [0.4, 0.5) is 0 Å². The summed E-state index contributed by atoms with van der Waals surface area (Å²) < 4.78 is 13.7. The molecule has 0 spiro atoms. The summed E-state index contributed by atoms with van der Waals surface area (Å²) in [4.78, 5) is 0. The molecule has 0 saturated carbocycles. The normalized spacial score (nSPS) is 12.5. The van der Waals surface area contributed by atoms with Gasteiger partial charge < -0.3 is 8.85 Å². The van der Waals surface area contributed by atoms with Crippen molar-refractivity contribution in [1.82, 2.24) is 0 Å². The lowest BCUT2D eigenvalue weighted by atomic mass is 10.0. The maximum atomic E-state index is 6.85. The molecule has 0 heterocycles. The lowest BCUT2D eigenvalue weighted by Gasteiger charge is -2.32. The highest BCUT2D eigenvalue weighted by atomic mass is 28.4. The van der Waals surface area contributed by atoms with Gasteiger partial charge in [-0.05, 0) is 55.8 Å². The number of rotatable bonds is 17. The lowest BCUT2D eigenvalue weighted by Crippen LogP contribution is -2.63. The average molecular weight is 467 g/mol. The van der Waals surface area contributed by atoms with E-state index in [2.05, 4.69) is 94.4 Å². The average Bonchev–Trinajstić information content (AvgIpc) is 2.83. The smallest absolute Gasteiger partial charge is 0.388 e. The van der Waals surface area contributed by atoms with Gasteiger partial charge in [0.05, 0.1) is 0 Å². The molecule has 1 unspecified atom stereocenters. The summed E-state index contributed by atoms with van der Waals surface area (Å²) in [5.41, 5.74) is 1.40. The molecule has 3 heteroatoms. The molecule has 2 nitrogen and oxygen atoms in total. The van der Waals surface area contributed by atoms with Crippen molar-refractivity contribution >= 4 is 18.9 Å². The Balaban J connectivity index is 2.10. The van der Waals surface area contributed by atoms with Crippen LogP contribution in [-0.2, 0) is 8.85 Å². The van der Waals surface area contributed by atoms with E-state index in [1.54, 1.807) is 0 Å². The first-order valence-corrected chi connectivity index (χ1v) is 14.9. The van der Waals surface area contributed by atoms with E-state index >= 15 is 0 Å². The second-order valence-electron chi connectivity index (χ2n) is 9.57. The second-order valence-corrected chi connectivity index (χ2v) is 12.5. The number of allylic oxidation sites excluding steroid dienone is 2. The summed E-state index contributed by atoms with van der Waals surface area (Å²) in [7, 11) is -2.75. The van der Waals surface area contributed by atoms with E-state index in [1.807, 2.05) is 0 Å². The maximum Gasteiger partial charge on any atom is 0.407 e. The molecule has 1 atom stereocenters. The summed E-state index contributed by atoms with van der Waals surface area (Å²) in [6.45, 7) is 10.5. The quantitative estimate of drug-likeness (QED) is 0.137. The minimum atomic E-state index is -2.75. The van der Waals surface area contributed by atoms with Gasteiger partial charge in [-0.2, -0.15) is 0 Å². The van der Waals surface area contributed by atoms with Crippen LogP contribution in [0.3, 0.4) is 0 Å². The molecule has 182 valence electrons. The minimum Gasteiger partial charge on any atom is -0.388 e. The van der Waals surface area contributed by atoms with Gasteiger partial charge in [0.1, 0.15) is 0 Å². The highest BCUT2D eigenvalue weighted by molar-refractivity contribution is 6.92. The van der Waals surface area contributed by atoms with E-state index in [4.69, 9.17) is 8.85 Å². The van der Waals surface area contributed by atoms with E-state index in [0.29, 0.717) is 5.92 Å². The third kappa shape index (κ3) is 10.00. The number of hydrogen-bond donors (Lipinski definition) is 0. The van der Waals surface area contributed by atoms with Crippen LogP contribution in [0.25, 0.3) is 0 Å². The van der Waals surface area contributed by atoms with E-state index < -0.39 is 8.56 Å². The molecule has 33 heavy (non-hydrogen) atoms. The van der Waals surface area contributed by atoms with Crippen LogP contribution < -0.4 is 10.4 Å². The Morgan fingerprint density at radius 1 is 0.758 bits per heavy atom. The number of unbranched alkanes of at least 4 members (excludes halogenated alkanes) is 5. The van der Waals surface area contributed by atoms with Gasteiger partial charge in [-0.3, -0.25) is 0 Å². The molecule has 0 aliphatic rings. The maximum absolute atomic E-state index is 6.85. The lowest BCUT2D eigenvalue weighted by molar-refractivity contribution is 0.177. The Morgan fingerprint density at radius 3 is 1.88 bits per heavy atom. The van der Waals surface area contributed by atoms with Gasteiger partial charge in [-0.1, -0.05) is 118 Å². The SMILES string of the molecule is CCCCCCCCO[Si](OCCC(C)CCC=C(C)C)(c1ccccc1)c1ccccc1. The standard InChI is InChI=1S/C30H46O2Si/c1-5-6-7-8-9-16-25-31-33(29-20-12-10-13-21-29,30-22-14-11-15-23-30)32-26-24-28(4)19-17-18-27(2)3/h10-15,18,20-23,28H,5-9,16-17,19,24-26H2,1-4H3. The highest BCUT2D eigenvalue weighted by Gasteiger charge is 2.42. The van der Waals surface area contributed by atoms with Gasteiger partial charge in [0, 0.05) is 13.2 Å². The molecule has 2 aromatic carbocycles. The van der Waals surface area contributed by atoms with E-state index in [-0.39, 0.29) is 0 Å². The number of benzene rings is 2. The van der Waals surface area contributed by atoms with Crippen LogP contribution in [-0.4, -0.2) is 21.8 Å². The summed E-state index contributed by atoms with van der Waals surface area (Å²) in [5, 5.41) is 2.42. The van der Waals surface area contributed by atoms with Gasteiger partial charge in [0.15, 0.2) is 0 Å². The van der Waals surface area contributed by atoms with Crippen LogP contribution >= 0.6 is 0 Å². The van der Waals surface area contributed by atoms with Crippen LogP contribution in [0.1, 0.15) is 85.5 Å². The Bertz CT molecular complexity index is 729. The van der Waals surface area contributed by atoms with E-state index in [9.17, 15) is 0 Å². The predicted molar refractivity (Wildman–Crippen MR) is 146 cm³/mol. The molecular formula is C30H46O2Si. The Kier molecular flexibility index (Phi) is 13.4. The largest absolute Gasteiger partial charge is 0.407 e. The zero-order valence-corrected chi connectivity index (χ0v) is 22.5. The third-order valence-corrected chi connectivity index (χ3v) is 9.65. The molecular weight excluding hydrogens is 420 g/mol. The van der Waals surface area contributed by atoms with Gasteiger partial charge in [0.25, 0.3) is 0 Å². The molecule has 0 bridgehead atoms. The summed E-state index contributed by atoms with van der Waals surface area (Å²) in [6, 6.07) is 21.4. The molecule has 0 saturated heterocycles. The zero-order valence-electron chi connectivity index (χ0n) is 21.5. The summed E-state index contributed by atoms with van der Waals surface area (Å²) in [6.07, 6.45) is 13.3. The molecule has 0 radical (unpaired) electrons. The molecule has 0 fully saturated rings. The van der Waals surface area contributed by atoms with Crippen molar-refractivity contribution in [2.75, 3.05) is 13.2 Å². The first-order valence-electron chi connectivity index (χ1n) is 13.1. The Morgan fingerprint density at radius 2 is 1.30 bits per heavy atom. The highest BCUT2D eigenvalue weighted by Crippen LogP contribution is 2.17. The minimum absolute atomic E-state index is 0.636. The van der Waals surface area contributed by atoms with Gasteiger partial charge >= 0.3 is 8.56 Å². The van der Waals surface area contributed by atoms with Crippen molar-refractivity contribution in [3.05, 3.63) is 72.3 Å². The van der Waals surface area contributed by atoms with Crippen LogP contribution in [0.15, 0.2) is 72.3 Å². The first-order chi connectivity index (χ1) is 16.1. The summed E-state index contributed by atoms with van der Waals surface area (Å²) in [5.74, 6) is 0.636. The van der Waals surface area contributed by atoms with Crippen molar-refractivity contribution in [1.29, 1.82) is 0 Å². The van der Waals surface area contributed by atoms with Crippen molar-refractivity contribution in [3.63, 3.8) is 0 Å². The van der Waals surface area contributed by atoms with Crippen LogP contribution in [0.2, 0.25) is 0 Å². The fourth-order valence-corrected chi connectivity index (χ4v) is 7.34. The molecule has 2 aromatic rings. The second kappa shape index (κ2) is 16.0. The fourth-order valence-electron chi connectivity index (χ4n) is 4.16. The zero-order chi connectivity index (χ0) is 23.8. The molecule has 0 aliphatic heterocycles. The van der Waals surface area contributed by atoms with Crippen LogP contribution in [0.5, 0.6) is 0 Å². The molecule has 0 aromatic heterocycles. The fraction of sp³-hybridized carbons (Fsp3) is 0.533. The van der Waals surface area contributed by atoms with E-state index in [1.165, 1.54) is 54.5 Å². The monoisotopic (exact) mass is 466 g/mol. The first kappa shape index (κ1) is 27.6. The van der Waals surface area contributed by atoms with Crippen LogP contribution in [0, 0.1) is 5.92 Å². The molecule has 2 rings (SSSR count). The van der Waals surface area contributed by atoms with Crippen molar-refractivity contribution in [2.24, 2.45) is 5.92 Å². The van der Waals surface area contributed by atoms with Gasteiger partial charge in [-0.25, -0.2) is 0 Å². The van der Waals surface area contributed by atoms with Crippen molar-refractivity contribution in [2.45, 2.75) is 85.5 Å². The van der Waals surface area contributed by atoms with Gasteiger partial charge in [-0.15, -0.1) is 0 Å². The molecule has 0 aliphatic carbocycles. The number of hydrogen-bond acceptors (Lipinski definition) is 2. The Labute approximate surface area is 204 Å². The van der Waals surface area contributed by atoms with Crippen molar-refractivity contribution in [3.8, 4) is 0 Å². The van der Waals surface area contributed by atoms with Gasteiger partial charge in [0.2, 0.25) is 0 Å². The van der Waals surface area contributed by atoms with E-state index in [0.717, 1.165) is 32.5 Å². The summed E-state index contributed by atoms with van der Waals surface area (Å²) >= 11 is 0. The van der Waals surface area contributed by atoms with Crippen molar-refractivity contribution < 1.29 is 8.85 Å². The third-order valence-electron chi connectivity index (χ3n) is 6.24. The predicted octanol–water partition coefficient (Wildman–Crippen LogP) is 7.41. The Hall–Kier alpha value is -1.68. The molecule has 0 amide bonds.